The van der Waals surface area contributed by atoms with Crippen molar-refractivity contribution in [2.75, 3.05) is 0 Å². The minimum absolute atomic E-state index is 0.0148. The summed E-state index contributed by atoms with van der Waals surface area (Å²) < 4.78 is 6.28. The Morgan fingerprint density at radius 2 is 1.67 bits per heavy atom. The molecule has 0 saturated carbocycles. The van der Waals surface area contributed by atoms with Crippen LogP contribution in [-0.4, -0.2) is 15.0 Å². The molecule has 1 aliphatic heterocycles. The van der Waals surface area contributed by atoms with E-state index in [9.17, 15) is 0 Å². The quantitative estimate of drug-likeness (QED) is 0.378. The maximum absolute atomic E-state index is 6.28. The first-order chi connectivity index (χ1) is 21.3. The Morgan fingerprint density at radius 1 is 0.744 bits per heavy atom. The molecule has 1 aromatic carbocycles. The number of benzene rings is 1. The van der Waals surface area contributed by atoms with E-state index in [1.54, 1.807) is 0 Å². The number of fused-ring (bicyclic) bond motifs is 7. The van der Waals surface area contributed by atoms with Crippen LogP contribution in [0.4, 0.5) is 0 Å². The third-order valence-electron chi connectivity index (χ3n) is 10.2. The van der Waals surface area contributed by atoms with Gasteiger partial charge in [-0.05, 0) is 72.0 Å². The highest BCUT2D eigenvalue weighted by molar-refractivity contribution is 5.68. The molecule has 0 amide bonds. The van der Waals surface area contributed by atoms with Gasteiger partial charge in [0.2, 0.25) is 0 Å². The van der Waals surface area contributed by atoms with E-state index in [0.717, 1.165) is 54.7 Å². The van der Waals surface area contributed by atoms with Crippen molar-refractivity contribution in [3.05, 3.63) is 161 Å². The minimum atomic E-state index is -0.0148. The van der Waals surface area contributed by atoms with Crippen molar-refractivity contribution in [2.45, 2.75) is 43.4 Å². The fourth-order valence-corrected chi connectivity index (χ4v) is 7.98. The molecule has 6 atom stereocenters. The van der Waals surface area contributed by atoms with E-state index in [0.29, 0.717) is 17.8 Å². The maximum atomic E-state index is 6.28. The van der Waals surface area contributed by atoms with Crippen molar-refractivity contribution < 1.29 is 4.74 Å². The molecule has 210 valence electrons. The van der Waals surface area contributed by atoms with Gasteiger partial charge in [-0.15, -0.1) is 0 Å². The van der Waals surface area contributed by atoms with Crippen LogP contribution in [0, 0.1) is 17.8 Å². The summed E-state index contributed by atoms with van der Waals surface area (Å²) >= 11 is 0. The van der Waals surface area contributed by atoms with Gasteiger partial charge in [0.15, 0.2) is 5.82 Å². The predicted molar refractivity (Wildman–Crippen MR) is 170 cm³/mol. The van der Waals surface area contributed by atoms with E-state index in [2.05, 4.69) is 109 Å². The van der Waals surface area contributed by atoms with Gasteiger partial charge in [-0.2, -0.15) is 0 Å². The Hall–Kier alpha value is -4.57. The molecule has 9 rings (SSSR count). The smallest absolute Gasteiger partial charge is 0.159 e. The second-order valence-corrected chi connectivity index (χ2v) is 12.5. The second-order valence-electron chi connectivity index (χ2n) is 12.5. The fourth-order valence-electron chi connectivity index (χ4n) is 7.98. The minimum Gasteiger partial charge on any atom is -0.461 e. The number of ether oxygens (including phenoxy) is 1. The van der Waals surface area contributed by atoms with Gasteiger partial charge in [-0.1, -0.05) is 103 Å². The molecule has 6 aliphatic carbocycles. The first-order valence-corrected chi connectivity index (χ1v) is 15.7. The van der Waals surface area contributed by atoms with Crippen LogP contribution in [0.5, 0.6) is 5.75 Å². The maximum Gasteiger partial charge on any atom is 0.159 e. The standard InChI is InChI=1S/C39H33N3O/c1-2-10-26(11-3-1)37-40-38(42-39(41-37)32-14-8-16-35-36(32)31-13-6-7-15-34(31)43-35)27-18-17-25-20-21-29-28-12-5-4-9-24(28)19-22-30(29)33(25)23-27/h1-10,13-16,19-23,26,28-30,32,36H,11-12,17-18H2/t26?,28?,29?,30?,32?,36-/m1/s1. The molecule has 7 aliphatic rings. The Kier molecular flexibility index (Phi) is 5.82. The number of aromatic nitrogens is 3. The number of para-hydroxylation sites is 1. The molecule has 0 radical (unpaired) electrons. The predicted octanol–water partition coefficient (Wildman–Crippen LogP) is 8.53. The van der Waals surface area contributed by atoms with Gasteiger partial charge in [0.25, 0.3) is 0 Å². The lowest BCUT2D eigenvalue weighted by Gasteiger charge is -2.40. The lowest BCUT2D eigenvalue weighted by Crippen LogP contribution is -2.30. The average Bonchev–Trinajstić information content (AvgIpc) is 3.47. The molecular formula is C39H33N3O. The van der Waals surface area contributed by atoms with Crippen molar-refractivity contribution in [3.63, 3.8) is 0 Å². The number of hydrogen-bond donors (Lipinski definition) is 0. The monoisotopic (exact) mass is 559 g/mol. The van der Waals surface area contributed by atoms with Crippen molar-refractivity contribution in [1.29, 1.82) is 0 Å². The second kappa shape index (κ2) is 10.0. The lowest BCUT2D eigenvalue weighted by molar-refractivity contribution is 0.379. The van der Waals surface area contributed by atoms with Crippen LogP contribution >= 0.6 is 0 Å². The molecule has 1 aromatic heterocycles. The molecule has 0 bridgehead atoms. The molecular weight excluding hydrogens is 526 g/mol. The van der Waals surface area contributed by atoms with E-state index in [1.807, 2.05) is 6.07 Å². The van der Waals surface area contributed by atoms with E-state index >= 15 is 0 Å². The zero-order valence-corrected chi connectivity index (χ0v) is 24.0. The number of nitrogens with zero attached hydrogens (tertiary/aromatic N) is 3. The summed E-state index contributed by atoms with van der Waals surface area (Å²) in [4.78, 5) is 15.6. The summed E-state index contributed by atoms with van der Waals surface area (Å²) in [6.45, 7) is 0. The molecule has 0 fully saturated rings. The summed E-state index contributed by atoms with van der Waals surface area (Å²) in [7, 11) is 0. The lowest BCUT2D eigenvalue weighted by atomic mass is 9.64. The molecule has 4 nitrogen and oxygen atoms in total. The first-order valence-electron chi connectivity index (χ1n) is 15.7. The Balaban J connectivity index is 1.13. The third-order valence-corrected chi connectivity index (χ3v) is 10.2. The van der Waals surface area contributed by atoms with Gasteiger partial charge >= 0.3 is 0 Å². The van der Waals surface area contributed by atoms with Crippen molar-refractivity contribution in [1.82, 2.24) is 15.0 Å². The van der Waals surface area contributed by atoms with Crippen molar-refractivity contribution in [3.8, 4) is 5.75 Å². The molecule has 2 aromatic rings. The largest absolute Gasteiger partial charge is 0.461 e. The summed E-state index contributed by atoms with van der Waals surface area (Å²) in [6, 6.07) is 8.36. The molecule has 0 spiro atoms. The van der Waals surface area contributed by atoms with Crippen molar-refractivity contribution >= 4 is 5.57 Å². The number of hydrogen-bond acceptors (Lipinski definition) is 4. The zero-order valence-electron chi connectivity index (χ0n) is 24.0. The van der Waals surface area contributed by atoms with Crippen LogP contribution in [-0.2, 0) is 0 Å². The van der Waals surface area contributed by atoms with Crippen LogP contribution in [0.1, 0.15) is 66.5 Å². The van der Waals surface area contributed by atoms with Crippen LogP contribution < -0.4 is 4.74 Å². The molecule has 0 saturated heterocycles. The Bertz CT molecular complexity index is 1840. The van der Waals surface area contributed by atoms with Crippen LogP contribution in [0.3, 0.4) is 0 Å². The van der Waals surface area contributed by atoms with Crippen molar-refractivity contribution in [2.24, 2.45) is 17.8 Å². The van der Waals surface area contributed by atoms with Crippen LogP contribution in [0.2, 0.25) is 0 Å². The highest BCUT2D eigenvalue weighted by atomic mass is 16.5. The number of allylic oxidation sites excluding steroid dienone is 20. The van der Waals surface area contributed by atoms with Gasteiger partial charge in [-0.25, -0.2) is 15.0 Å². The van der Waals surface area contributed by atoms with E-state index < -0.39 is 0 Å². The summed E-state index contributed by atoms with van der Waals surface area (Å²) in [5.41, 5.74) is 6.81. The fraction of sp³-hybridized carbons (Fsp3) is 0.256. The Labute approximate surface area is 252 Å². The average molecular weight is 560 g/mol. The van der Waals surface area contributed by atoms with Gasteiger partial charge < -0.3 is 4.74 Å². The van der Waals surface area contributed by atoms with E-state index in [-0.39, 0.29) is 17.8 Å². The molecule has 4 heteroatoms. The van der Waals surface area contributed by atoms with Gasteiger partial charge in [0.1, 0.15) is 23.2 Å². The highest BCUT2D eigenvalue weighted by Crippen LogP contribution is 2.51. The molecule has 43 heavy (non-hydrogen) atoms. The summed E-state index contributed by atoms with van der Waals surface area (Å²) in [5, 5.41) is 0. The SMILES string of the molecule is C1=CCC(c2nc(C3=CC4=C(C=CC5C4C=CC4=CC=CCC45)CC3)nc(C3C=CC=C4Oc5ccccc5[C@@H]43)n2)C=C1. The third kappa shape index (κ3) is 4.15. The van der Waals surface area contributed by atoms with Crippen LogP contribution in [0.15, 0.2) is 138 Å². The summed E-state index contributed by atoms with van der Waals surface area (Å²) in [5.74, 6) is 6.09. The van der Waals surface area contributed by atoms with Gasteiger partial charge in [0, 0.05) is 17.4 Å². The normalized spacial score (nSPS) is 30.8. The zero-order chi connectivity index (χ0) is 28.3. The van der Waals surface area contributed by atoms with Gasteiger partial charge in [-0.3, -0.25) is 0 Å². The first kappa shape index (κ1) is 25.0. The number of rotatable bonds is 3. The molecule has 2 heterocycles. The topological polar surface area (TPSA) is 47.9 Å². The summed E-state index contributed by atoms with van der Waals surface area (Å²) in [6.07, 6.45) is 38.0. The van der Waals surface area contributed by atoms with E-state index in [4.69, 9.17) is 19.7 Å². The van der Waals surface area contributed by atoms with E-state index in [1.165, 1.54) is 27.9 Å². The van der Waals surface area contributed by atoms with Crippen LogP contribution in [0.25, 0.3) is 5.57 Å². The Morgan fingerprint density at radius 3 is 2.63 bits per heavy atom. The van der Waals surface area contributed by atoms with Gasteiger partial charge in [0.05, 0.1) is 11.8 Å². The molecule has 5 unspecified atom stereocenters. The highest BCUT2D eigenvalue weighted by Gasteiger charge is 2.40. The molecule has 0 N–H and O–H groups in total.